The smallest absolute Gasteiger partial charge is 0.337 e. The number of methoxy groups -OCH3 is 1. The van der Waals surface area contributed by atoms with Crippen molar-refractivity contribution in [3.63, 3.8) is 0 Å². The molecule has 4 nitrogen and oxygen atoms in total. The number of piperidine rings is 1. The first kappa shape index (κ1) is 20.2. The standard InChI is InChI=1S/C15H22N2O2.2ClH/c1-19-15(18)13-6-4-12(5-7-13)8-10-17-9-2-3-14(16)11-17;;/h4-7,14H,2-3,8-11,16H2,1H3;2*1H/t14-;;/m1../s1. The minimum atomic E-state index is -0.284. The van der Waals surface area contributed by atoms with Crippen LogP contribution in [0.15, 0.2) is 24.3 Å². The van der Waals surface area contributed by atoms with Gasteiger partial charge in [0.15, 0.2) is 0 Å². The monoisotopic (exact) mass is 334 g/mol. The molecule has 0 saturated carbocycles. The third kappa shape index (κ3) is 6.22. The topological polar surface area (TPSA) is 55.6 Å². The number of likely N-dealkylation sites (tertiary alicyclic amines) is 1. The van der Waals surface area contributed by atoms with E-state index >= 15 is 0 Å². The van der Waals surface area contributed by atoms with E-state index < -0.39 is 0 Å². The number of halogens is 2. The number of hydrogen-bond acceptors (Lipinski definition) is 4. The fourth-order valence-corrected chi connectivity index (χ4v) is 2.51. The van der Waals surface area contributed by atoms with Crippen molar-refractivity contribution in [2.75, 3.05) is 26.7 Å². The Morgan fingerprint density at radius 2 is 2.00 bits per heavy atom. The van der Waals surface area contributed by atoms with Crippen molar-refractivity contribution in [1.82, 2.24) is 4.90 Å². The molecule has 1 heterocycles. The predicted molar refractivity (Wildman–Crippen MR) is 89.6 cm³/mol. The van der Waals surface area contributed by atoms with E-state index in [-0.39, 0.29) is 30.8 Å². The van der Waals surface area contributed by atoms with Crippen LogP contribution in [0.25, 0.3) is 0 Å². The number of rotatable bonds is 4. The largest absolute Gasteiger partial charge is 0.465 e. The molecule has 0 unspecified atom stereocenters. The molecule has 2 rings (SSSR count). The summed E-state index contributed by atoms with van der Waals surface area (Å²) in [7, 11) is 1.40. The summed E-state index contributed by atoms with van der Waals surface area (Å²) in [5.41, 5.74) is 7.81. The Hall–Kier alpha value is -0.810. The molecule has 0 bridgehead atoms. The zero-order chi connectivity index (χ0) is 13.7. The van der Waals surface area contributed by atoms with Gasteiger partial charge in [0.2, 0.25) is 0 Å². The Kier molecular flexibility index (Phi) is 9.62. The molecule has 1 saturated heterocycles. The van der Waals surface area contributed by atoms with E-state index in [9.17, 15) is 4.79 Å². The average molecular weight is 335 g/mol. The maximum atomic E-state index is 11.3. The lowest BCUT2D eigenvalue weighted by molar-refractivity contribution is 0.0600. The fraction of sp³-hybridized carbons (Fsp3) is 0.533. The number of hydrogen-bond donors (Lipinski definition) is 1. The number of benzene rings is 1. The molecule has 1 aliphatic rings. The molecular weight excluding hydrogens is 311 g/mol. The van der Waals surface area contributed by atoms with Crippen LogP contribution in [0.4, 0.5) is 0 Å². The van der Waals surface area contributed by atoms with E-state index in [2.05, 4.69) is 9.64 Å². The Bertz CT molecular complexity index is 426. The first-order valence-corrected chi connectivity index (χ1v) is 6.84. The van der Waals surface area contributed by atoms with Gasteiger partial charge in [-0.25, -0.2) is 4.79 Å². The Balaban J connectivity index is 0.00000200. The highest BCUT2D eigenvalue weighted by atomic mass is 35.5. The van der Waals surface area contributed by atoms with Crippen molar-refractivity contribution in [3.8, 4) is 0 Å². The summed E-state index contributed by atoms with van der Waals surface area (Å²) in [6, 6.07) is 7.97. The van der Waals surface area contributed by atoms with Gasteiger partial charge in [-0.15, -0.1) is 24.8 Å². The summed E-state index contributed by atoms with van der Waals surface area (Å²) in [4.78, 5) is 13.7. The summed E-state index contributed by atoms with van der Waals surface area (Å²) < 4.78 is 4.68. The maximum absolute atomic E-state index is 11.3. The molecule has 21 heavy (non-hydrogen) atoms. The Labute approximate surface area is 138 Å². The van der Waals surface area contributed by atoms with Gasteiger partial charge in [-0.2, -0.15) is 0 Å². The number of esters is 1. The van der Waals surface area contributed by atoms with E-state index in [4.69, 9.17) is 5.73 Å². The molecule has 0 amide bonds. The minimum absolute atomic E-state index is 0. The van der Waals surface area contributed by atoms with Crippen LogP contribution in [0, 0.1) is 0 Å². The van der Waals surface area contributed by atoms with Gasteiger partial charge in [-0.05, 0) is 43.5 Å². The number of nitrogens with zero attached hydrogens (tertiary/aromatic N) is 1. The van der Waals surface area contributed by atoms with Crippen LogP contribution in [0.3, 0.4) is 0 Å². The van der Waals surface area contributed by atoms with Gasteiger partial charge in [0.05, 0.1) is 12.7 Å². The number of carbonyl (C=O) groups excluding carboxylic acids is 1. The van der Waals surface area contributed by atoms with Gasteiger partial charge in [0.25, 0.3) is 0 Å². The minimum Gasteiger partial charge on any atom is -0.465 e. The highest BCUT2D eigenvalue weighted by Crippen LogP contribution is 2.11. The quantitative estimate of drug-likeness (QED) is 0.858. The molecule has 0 aromatic heterocycles. The lowest BCUT2D eigenvalue weighted by atomic mass is 10.0. The van der Waals surface area contributed by atoms with Gasteiger partial charge < -0.3 is 15.4 Å². The molecule has 1 aromatic rings. The lowest BCUT2D eigenvalue weighted by Gasteiger charge is -2.30. The molecule has 1 fully saturated rings. The van der Waals surface area contributed by atoms with Crippen LogP contribution >= 0.6 is 24.8 Å². The SMILES string of the molecule is COC(=O)c1ccc(CCN2CCC[C@@H](N)C2)cc1.Cl.Cl. The third-order valence-electron chi connectivity index (χ3n) is 3.63. The van der Waals surface area contributed by atoms with Gasteiger partial charge in [0, 0.05) is 19.1 Å². The third-order valence-corrected chi connectivity index (χ3v) is 3.63. The second-order valence-electron chi connectivity index (χ2n) is 5.14. The van der Waals surface area contributed by atoms with Gasteiger partial charge in [0.1, 0.15) is 0 Å². The molecule has 1 atom stereocenters. The molecule has 0 radical (unpaired) electrons. The van der Waals surface area contributed by atoms with Gasteiger partial charge in [-0.1, -0.05) is 12.1 Å². The Morgan fingerprint density at radius 3 is 2.57 bits per heavy atom. The van der Waals surface area contributed by atoms with Crippen molar-refractivity contribution < 1.29 is 9.53 Å². The van der Waals surface area contributed by atoms with Crippen LogP contribution in [-0.2, 0) is 11.2 Å². The normalized spacial score (nSPS) is 18.3. The van der Waals surface area contributed by atoms with Crippen molar-refractivity contribution in [2.45, 2.75) is 25.3 Å². The summed E-state index contributed by atoms with van der Waals surface area (Å²) in [6.45, 7) is 3.18. The van der Waals surface area contributed by atoms with E-state index in [0.29, 0.717) is 11.6 Å². The highest BCUT2D eigenvalue weighted by molar-refractivity contribution is 5.89. The molecular formula is C15H24Cl2N2O2. The van der Waals surface area contributed by atoms with Crippen molar-refractivity contribution in [3.05, 3.63) is 35.4 Å². The summed E-state index contributed by atoms with van der Waals surface area (Å²) >= 11 is 0. The zero-order valence-corrected chi connectivity index (χ0v) is 13.9. The molecule has 1 aliphatic heterocycles. The molecule has 0 spiro atoms. The lowest BCUT2D eigenvalue weighted by Crippen LogP contribution is -2.43. The molecule has 120 valence electrons. The van der Waals surface area contributed by atoms with Crippen LogP contribution in [-0.4, -0.2) is 43.7 Å². The second kappa shape index (κ2) is 10.0. The van der Waals surface area contributed by atoms with Crippen LogP contribution in [0.5, 0.6) is 0 Å². The van der Waals surface area contributed by atoms with E-state index in [1.165, 1.54) is 19.1 Å². The van der Waals surface area contributed by atoms with E-state index in [0.717, 1.165) is 32.5 Å². The number of nitrogens with two attached hydrogens (primary N) is 1. The van der Waals surface area contributed by atoms with E-state index in [1.54, 1.807) is 0 Å². The predicted octanol–water partition coefficient (Wildman–Crippen LogP) is 2.28. The summed E-state index contributed by atoms with van der Waals surface area (Å²) in [5.74, 6) is -0.284. The highest BCUT2D eigenvalue weighted by Gasteiger charge is 2.15. The molecule has 6 heteroatoms. The Morgan fingerprint density at radius 1 is 1.33 bits per heavy atom. The first-order chi connectivity index (χ1) is 9.19. The van der Waals surface area contributed by atoms with Crippen molar-refractivity contribution >= 4 is 30.8 Å². The van der Waals surface area contributed by atoms with Gasteiger partial charge in [-0.3, -0.25) is 0 Å². The molecule has 2 N–H and O–H groups in total. The van der Waals surface area contributed by atoms with Crippen LogP contribution < -0.4 is 5.73 Å². The van der Waals surface area contributed by atoms with Gasteiger partial charge >= 0.3 is 5.97 Å². The maximum Gasteiger partial charge on any atom is 0.337 e. The zero-order valence-electron chi connectivity index (χ0n) is 12.3. The van der Waals surface area contributed by atoms with Crippen molar-refractivity contribution in [1.29, 1.82) is 0 Å². The average Bonchev–Trinajstić information content (AvgIpc) is 2.45. The first-order valence-electron chi connectivity index (χ1n) is 6.84. The molecule has 0 aliphatic carbocycles. The fourth-order valence-electron chi connectivity index (χ4n) is 2.51. The number of ether oxygens (including phenoxy) is 1. The molecule has 1 aromatic carbocycles. The number of carbonyl (C=O) groups is 1. The van der Waals surface area contributed by atoms with E-state index in [1.807, 2.05) is 24.3 Å². The van der Waals surface area contributed by atoms with Crippen LogP contribution in [0.1, 0.15) is 28.8 Å². The van der Waals surface area contributed by atoms with Crippen molar-refractivity contribution in [2.24, 2.45) is 5.73 Å². The summed E-state index contributed by atoms with van der Waals surface area (Å²) in [6.07, 6.45) is 3.33. The second-order valence-corrected chi connectivity index (χ2v) is 5.14. The summed E-state index contributed by atoms with van der Waals surface area (Å²) in [5, 5.41) is 0. The van der Waals surface area contributed by atoms with Crippen LogP contribution in [0.2, 0.25) is 0 Å².